The van der Waals surface area contributed by atoms with E-state index in [4.69, 9.17) is 20.0 Å². The first-order valence-corrected chi connectivity index (χ1v) is 12.3. The monoisotopic (exact) mass is 444 g/mol. The van der Waals surface area contributed by atoms with Gasteiger partial charge in [-0.1, -0.05) is 40.7 Å². The fourth-order valence-electron chi connectivity index (χ4n) is 3.86. The summed E-state index contributed by atoms with van der Waals surface area (Å²) in [7, 11) is 0. The van der Waals surface area contributed by atoms with Crippen LogP contribution >= 0.6 is 0 Å². The van der Waals surface area contributed by atoms with Crippen molar-refractivity contribution >= 4 is 5.82 Å². The smallest absolute Gasteiger partial charge is 0.318 e. The molecule has 0 amide bonds. The molecule has 0 spiro atoms. The molecule has 0 saturated carbocycles. The largest absolute Gasteiger partial charge is 0.463 e. The normalized spacial score (nSPS) is 13.8. The van der Waals surface area contributed by atoms with E-state index in [0.717, 1.165) is 63.1 Å². The summed E-state index contributed by atoms with van der Waals surface area (Å²) in [5.41, 5.74) is 2.22. The van der Waals surface area contributed by atoms with E-state index in [1.807, 2.05) is 13.0 Å². The lowest BCUT2D eigenvalue weighted by atomic mass is 10.0. The zero-order valence-corrected chi connectivity index (χ0v) is 20.9. The number of ether oxygens (including phenoxy) is 1. The van der Waals surface area contributed by atoms with Gasteiger partial charge in [-0.2, -0.15) is 15.2 Å². The second-order valence-electron chi connectivity index (χ2n) is 8.92. The molecule has 0 bridgehead atoms. The molecule has 1 aromatic rings. The summed E-state index contributed by atoms with van der Waals surface area (Å²) in [5, 5.41) is 19.1. The van der Waals surface area contributed by atoms with E-state index in [2.05, 4.69) is 45.2 Å². The van der Waals surface area contributed by atoms with Crippen LogP contribution < -0.4 is 9.64 Å². The van der Waals surface area contributed by atoms with Gasteiger partial charge < -0.3 is 14.7 Å². The Morgan fingerprint density at radius 2 is 1.97 bits per heavy atom. The molecule has 1 rings (SSSR count). The molecule has 1 heterocycles. The molecule has 0 radical (unpaired) electrons. The summed E-state index contributed by atoms with van der Waals surface area (Å²) in [4.78, 5) is 12.0. The maximum Gasteiger partial charge on any atom is 0.318 e. The van der Waals surface area contributed by atoms with Gasteiger partial charge in [0.05, 0.1) is 24.5 Å². The second-order valence-corrected chi connectivity index (χ2v) is 8.92. The van der Waals surface area contributed by atoms with E-state index in [-0.39, 0.29) is 17.9 Å². The minimum atomic E-state index is -0.301. The number of nitrogens with zero attached hydrogens (tertiary/aromatic N) is 4. The summed E-state index contributed by atoms with van der Waals surface area (Å²) < 4.78 is 6.03. The molecule has 3 atom stereocenters. The van der Waals surface area contributed by atoms with Crippen LogP contribution in [0.15, 0.2) is 12.7 Å². The number of unbranched alkanes of at least 4 members (excludes halogenated alkanes) is 1. The Balaban J connectivity index is 3.25. The molecule has 0 aliphatic rings. The number of allylic oxidation sites excluding steroid dienone is 1. The number of aromatic nitrogens is 2. The van der Waals surface area contributed by atoms with Gasteiger partial charge in [0.1, 0.15) is 5.82 Å². The Morgan fingerprint density at radius 3 is 2.56 bits per heavy atom. The highest BCUT2D eigenvalue weighted by Crippen LogP contribution is 2.28. The molecule has 180 valence electrons. The standard InChI is InChI=1S/C26H44N4O2/c1-7-11-12-13-23-24(10-4)28-26(32-19-21(6)17-22(31)9-3)29-25(23)30(16-8-2)18-20(5)14-15-27/h7,20-22,31H,1,8-14,16-19H2,2-6H3/t20-,21-,22-/m0/s1. The van der Waals surface area contributed by atoms with Gasteiger partial charge in [-0.15, -0.1) is 6.58 Å². The number of aryl methyl sites for hydroxylation is 1. The highest BCUT2D eigenvalue weighted by Gasteiger charge is 2.21. The summed E-state index contributed by atoms with van der Waals surface area (Å²) >= 11 is 0. The number of hydrogen-bond donors (Lipinski definition) is 1. The third-order valence-electron chi connectivity index (χ3n) is 5.63. The van der Waals surface area contributed by atoms with Crippen molar-refractivity contribution in [2.24, 2.45) is 11.8 Å². The van der Waals surface area contributed by atoms with Gasteiger partial charge in [0.25, 0.3) is 0 Å². The summed E-state index contributed by atoms with van der Waals surface area (Å²) in [6, 6.07) is 2.71. The Hall–Kier alpha value is -2.13. The maximum absolute atomic E-state index is 9.93. The van der Waals surface area contributed by atoms with Gasteiger partial charge in [0, 0.05) is 25.1 Å². The Bertz CT molecular complexity index is 717. The van der Waals surface area contributed by atoms with E-state index < -0.39 is 0 Å². The van der Waals surface area contributed by atoms with Crippen molar-refractivity contribution in [1.29, 1.82) is 5.26 Å². The van der Waals surface area contributed by atoms with E-state index in [1.165, 1.54) is 5.56 Å². The Labute approximate surface area is 195 Å². The topological polar surface area (TPSA) is 82.3 Å². The third-order valence-corrected chi connectivity index (χ3v) is 5.63. The number of aliphatic hydroxyl groups is 1. The molecule has 6 heteroatoms. The van der Waals surface area contributed by atoms with Crippen molar-refractivity contribution in [3.05, 3.63) is 23.9 Å². The molecule has 0 unspecified atom stereocenters. The number of aliphatic hydroxyl groups excluding tert-OH is 1. The molecule has 0 saturated heterocycles. The molecule has 32 heavy (non-hydrogen) atoms. The average molecular weight is 445 g/mol. The Morgan fingerprint density at radius 1 is 1.22 bits per heavy atom. The molecule has 6 nitrogen and oxygen atoms in total. The zero-order valence-electron chi connectivity index (χ0n) is 20.9. The summed E-state index contributed by atoms with van der Waals surface area (Å²) in [6.45, 7) is 16.5. The number of anilines is 1. The van der Waals surface area contributed by atoms with Crippen LogP contribution in [0, 0.1) is 23.2 Å². The van der Waals surface area contributed by atoms with Gasteiger partial charge in [-0.25, -0.2) is 0 Å². The van der Waals surface area contributed by atoms with Gasteiger partial charge in [0.2, 0.25) is 0 Å². The SMILES string of the molecule is C=CCCCc1c(CC)nc(OC[C@@H](C)C[C@@H](O)CC)nc1N(CCC)C[C@@H](C)CC#N. The molecule has 0 fully saturated rings. The van der Waals surface area contributed by atoms with Gasteiger partial charge >= 0.3 is 6.01 Å². The van der Waals surface area contributed by atoms with Crippen LogP contribution in [0.2, 0.25) is 0 Å². The lowest BCUT2D eigenvalue weighted by Crippen LogP contribution is -2.32. The first-order valence-electron chi connectivity index (χ1n) is 12.3. The van der Waals surface area contributed by atoms with Crippen LogP contribution in [0.5, 0.6) is 6.01 Å². The van der Waals surface area contributed by atoms with Crippen molar-refractivity contribution in [2.45, 2.75) is 92.1 Å². The van der Waals surface area contributed by atoms with Crippen LogP contribution in [0.3, 0.4) is 0 Å². The number of rotatable bonds is 17. The van der Waals surface area contributed by atoms with Gasteiger partial charge in [-0.05, 0) is 56.8 Å². The van der Waals surface area contributed by atoms with E-state index in [1.54, 1.807) is 0 Å². The van der Waals surface area contributed by atoms with Crippen LogP contribution in [0.4, 0.5) is 5.82 Å². The number of hydrogen-bond acceptors (Lipinski definition) is 6. The predicted octanol–water partition coefficient (Wildman–Crippen LogP) is 5.49. The maximum atomic E-state index is 9.93. The van der Waals surface area contributed by atoms with Crippen LogP contribution in [0.1, 0.15) is 84.4 Å². The van der Waals surface area contributed by atoms with Gasteiger partial charge in [-0.3, -0.25) is 0 Å². The highest BCUT2D eigenvalue weighted by molar-refractivity contribution is 5.50. The lowest BCUT2D eigenvalue weighted by Gasteiger charge is -2.29. The molecule has 1 N–H and O–H groups in total. The first-order chi connectivity index (χ1) is 15.4. The third kappa shape index (κ3) is 9.56. The highest BCUT2D eigenvalue weighted by atomic mass is 16.5. The van der Waals surface area contributed by atoms with Crippen molar-refractivity contribution in [3.63, 3.8) is 0 Å². The van der Waals surface area contributed by atoms with E-state index in [9.17, 15) is 5.11 Å². The minimum absolute atomic E-state index is 0.219. The van der Waals surface area contributed by atoms with Gasteiger partial charge in [0.15, 0.2) is 0 Å². The van der Waals surface area contributed by atoms with E-state index in [0.29, 0.717) is 25.5 Å². The summed E-state index contributed by atoms with van der Waals surface area (Å²) in [5.74, 6) is 1.42. The molecule has 1 aromatic heterocycles. The van der Waals surface area contributed by atoms with Crippen LogP contribution in [-0.4, -0.2) is 40.9 Å². The van der Waals surface area contributed by atoms with Crippen molar-refractivity contribution < 1.29 is 9.84 Å². The average Bonchev–Trinajstić information content (AvgIpc) is 2.77. The van der Waals surface area contributed by atoms with E-state index >= 15 is 0 Å². The lowest BCUT2D eigenvalue weighted by molar-refractivity contribution is 0.121. The Kier molecular flexibility index (Phi) is 13.6. The quantitative estimate of drug-likeness (QED) is 0.253. The number of nitriles is 1. The minimum Gasteiger partial charge on any atom is -0.463 e. The second kappa shape index (κ2) is 15.6. The molecule has 0 aliphatic carbocycles. The fourth-order valence-corrected chi connectivity index (χ4v) is 3.86. The van der Waals surface area contributed by atoms with Crippen molar-refractivity contribution in [2.75, 3.05) is 24.6 Å². The predicted molar refractivity (Wildman–Crippen MR) is 132 cm³/mol. The molecular weight excluding hydrogens is 400 g/mol. The van der Waals surface area contributed by atoms with Crippen LogP contribution in [-0.2, 0) is 12.8 Å². The molecular formula is C26H44N4O2. The fraction of sp³-hybridized carbons (Fsp3) is 0.731. The zero-order chi connectivity index (χ0) is 23.9. The van der Waals surface area contributed by atoms with Crippen molar-refractivity contribution in [3.8, 4) is 12.1 Å². The molecule has 0 aromatic carbocycles. The molecule has 0 aliphatic heterocycles. The summed E-state index contributed by atoms with van der Waals surface area (Å²) in [6.07, 6.45) is 8.30. The van der Waals surface area contributed by atoms with Crippen molar-refractivity contribution in [1.82, 2.24) is 9.97 Å². The first kappa shape index (κ1) is 27.9. The van der Waals surface area contributed by atoms with Crippen LogP contribution in [0.25, 0.3) is 0 Å².